The summed E-state index contributed by atoms with van der Waals surface area (Å²) >= 11 is 5.74. The summed E-state index contributed by atoms with van der Waals surface area (Å²) in [4.78, 5) is 0. The Labute approximate surface area is 141 Å². The number of halogens is 2. The molecule has 0 saturated heterocycles. The summed E-state index contributed by atoms with van der Waals surface area (Å²) in [5.74, 6) is 0.267. The minimum atomic E-state index is -0.950. The molecule has 0 spiro atoms. The number of methoxy groups -OCH3 is 1. The van der Waals surface area contributed by atoms with Crippen LogP contribution in [-0.4, -0.2) is 24.8 Å². The predicted molar refractivity (Wildman–Crippen MR) is 90.5 cm³/mol. The summed E-state index contributed by atoms with van der Waals surface area (Å²) in [5.41, 5.74) is 1.29. The summed E-state index contributed by atoms with van der Waals surface area (Å²) in [5, 5.41) is 13.4. The van der Waals surface area contributed by atoms with Gasteiger partial charge >= 0.3 is 0 Å². The zero-order chi connectivity index (χ0) is 16.8. The van der Waals surface area contributed by atoms with Crippen molar-refractivity contribution in [1.82, 2.24) is 5.32 Å². The van der Waals surface area contributed by atoms with Crippen LogP contribution in [0.3, 0.4) is 0 Å². The van der Waals surface area contributed by atoms with Crippen LogP contribution in [-0.2, 0) is 6.42 Å². The molecular formula is C18H21ClFNO2. The van der Waals surface area contributed by atoms with Gasteiger partial charge in [0.25, 0.3) is 0 Å². The minimum Gasteiger partial charge on any atom is -0.496 e. The van der Waals surface area contributed by atoms with Crippen LogP contribution in [0.2, 0.25) is 5.02 Å². The molecule has 5 heteroatoms. The SMILES string of the molecule is COc1ccccc1CC(C)NC[C@H](O)c1cccc(Cl)c1F. The van der Waals surface area contributed by atoms with E-state index in [2.05, 4.69) is 5.32 Å². The van der Waals surface area contributed by atoms with E-state index in [9.17, 15) is 9.50 Å². The number of nitrogens with one attached hydrogen (secondary N) is 1. The molecule has 0 aliphatic carbocycles. The van der Waals surface area contributed by atoms with Crippen molar-refractivity contribution in [2.24, 2.45) is 0 Å². The maximum atomic E-state index is 13.9. The second-order valence-corrected chi connectivity index (χ2v) is 5.89. The standard InChI is InChI=1S/C18H21ClFNO2/c1-12(10-13-6-3-4-9-17(13)23-2)21-11-16(22)14-7-5-8-15(19)18(14)20/h3-9,12,16,21-22H,10-11H2,1-2H3/t12?,16-/m0/s1. The molecule has 0 heterocycles. The monoisotopic (exact) mass is 337 g/mol. The van der Waals surface area contributed by atoms with Crippen molar-refractivity contribution in [2.75, 3.05) is 13.7 Å². The van der Waals surface area contributed by atoms with Gasteiger partial charge in [-0.25, -0.2) is 4.39 Å². The molecule has 2 rings (SSSR count). The Kier molecular flexibility index (Phi) is 6.39. The maximum Gasteiger partial charge on any atom is 0.147 e. The molecule has 3 nitrogen and oxygen atoms in total. The Hall–Kier alpha value is -1.62. The largest absolute Gasteiger partial charge is 0.496 e. The van der Waals surface area contributed by atoms with Gasteiger partial charge in [-0.1, -0.05) is 41.9 Å². The number of rotatable bonds is 7. The maximum absolute atomic E-state index is 13.9. The number of aliphatic hydroxyl groups excluding tert-OH is 1. The first kappa shape index (κ1) is 17.7. The van der Waals surface area contributed by atoms with Crippen LogP contribution in [0.5, 0.6) is 5.75 Å². The molecule has 0 fully saturated rings. The van der Waals surface area contributed by atoms with E-state index in [0.29, 0.717) is 0 Å². The lowest BCUT2D eigenvalue weighted by Crippen LogP contribution is -2.32. The van der Waals surface area contributed by atoms with E-state index < -0.39 is 11.9 Å². The van der Waals surface area contributed by atoms with Gasteiger partial charge in [-0.2, -0.15) is 0 Å². The Morgan fingerprint density at radius 2 is 1.96 bits per heavy atom. The molecule has 0 saturated carbocycles. The molecule has 0 aromatic heterocycles. The van der Waals surface area contributed by atoms with Crippen molar-refractivity contribution in [3.8, 4) is 5.75 Å². The predicted octanol–water partition coefficient (Wildman–Crippen LogP) is 3.74. The van der Waals surface area contributed by atoms with E-state index in [4.69, 9.17) is 16.3 Å². The fourth-order valence-corrected chi connectivity index (χ4v) is 2.66. The normalized spacial score (nSPS) is 13.6. The van der Waals surface area contributed by atoms with Gasteiger partial charge < -0.3 is 15.2 Å². The molecule has 0 amide bonds. The third kappa shape index (κ3) is 4.67. The van der Waals surface area contributed by atoms with Gasteiger partial charge in [-0.3, -0.25) is 0 Å². The second-order valence-electron chi connectivity index (χ2n) is 5.48. The molecule has 0 bridgehead atoms. The van der Waals surface area contributed by atoms with Crippen molar-refractivity contribution in [3.05, 3.63) is 64.4 Å². The molecule has 0 aliphatic rings. The molecule has 0 aliphatic heterocycles. The van der Waals surface area contributed by atoms with Gasteiger partial charge in [0.2, 0.25) is 0 Å². The number of ether oxygens (including phenoxy) is 1. The highest BCUT2D eigenvalue weighted by Crippen LogP contribution is 2.23. The lowest BCUT2D eigenvalue weighted by atomic mass is 10.0. The van der Waals surface area contributed by atoms with Gasteiger partial charge in [0, 0.05) is 18.2 Å². The summed E-state index contributed by atoms with van der Waals surface area (Å²) in [6.07, 6.45) is -0.205. The highest BCUT2D eigenvalue weighted by Gasteiger charge is 2.16. The van der Waals surface area contributed by atoms with Crippen molar-refractivity contribution in [2.45, 2.75) is 25.5 Å². The van der Waals surface area contributed by atoms with Crippen LogP contribution in [0.1, 0.15) is 24.2 Å². The van der Waals surface area contributed by atoms with Gasteiger partial charge in [0.15, 0.2) is 0 Å². The summed E-state index contributed by atoms with van der Waals surface area (Å²) in [6.45, 7) is 2.25. The summed E-state index contributed by atoms with van der Waals surface area (Å²) < 4.78 is 19.2. The van der Waals surface area contributed by atoms with Crippen molar-refractivity contribution in [1.29, 1.82) is 0 Å². The molecule has 2 aromatic rings. The first-order valence-corrected chi connectivity index (χ1v) is 7.88. The topological polar surface area (TPSA) is 41.5 Å². The highest BCUT2D eigenvalue weighted by molar-refractivity contribution is 6.30. The molecule has 2 N–H and O–H groups in total. The Balaban J connectivity index is 1.93. The molecule has 2 aromatic carbocycles. The van der Waals surface area contributed by atoms with E-state index in [1.165, 1.54) is 6.07 Å². The Morgan fingerprint density at radius 3 is 2.70 bits per heavy atom. The van der Waals surface area contributed by atoms with Gasteiger partial charge in [0.1, 0.15) is 11.6 Å². The third-order valence-corrected chi connectivity index (χ3v) is 4.01. The number of aliphatic hydroxyl groups is 1. The van der Waals surface area contributed by atoms with Crippen LogP contribution >= 0.6 is 11.6 Å². The zero-order valence-corrected chi connectivity index (χ0v) is 14.0. The van der Waals surface area contributed by atoms with Crippen LogP contribution in [0.25, 0.3) is 0 Å². The van der Waals surface area contributed by atoms with Crippen LogP contribution in [0, 0.1) is 5.82 Å². The summed E-state index contributed by atoms with van der Waals surface area (Å²) in [6, 6.07) is 12.5. The van der Waals surface area contributed by atoms with Crippen LogP contribution in [0.15, 0.2) is 42.5 Å². The zero-order valence-electron chi connectivity index (χ0n) is 13.2. The van der Waals surface area contributed by atoms with Gasteiger partial charge in [-0.15, -0.1) is 0 Å². The molecule has 1 unspecified atom stereocenters. The van der Waals surface area contributed by atoms with E-state index in [0.717, 1.165) is 17.7 Å². The number of hydrogen-bond donors (Lipinski definition) is 2. The minimum absolute atomic E-state index is 0.0172. The first-order chi connectivity index (χ1) is 11.0. The number of hydrogen-bond acceptors (Lipinski definition) is 3. The van der Waals surface area contributed by atoms with Crippen LogP contribution < -0.4 is 10.1 Å². The lowest BCUT2D eigenvalue weighted by molar-refractivity contribution is 0.166. The van der Waals surface area contributed by atoms with Crippen LogP contribution in [0.4, 0.5) is 4.39 Å². The molecule has 124 valence electrons. The van der Waals surface area contributed by atoms with Crippen molar-refractivity contribution in [3.63, 3.8) is 0 Å². The Morgan fingerprint density at radius 1 is 1.22 bits per heavy atom. The quantitative estimate of drug-likeness (QED) is 0.808. The fraction of sp³-hybridized carbons (Fsp3) is 0.333. The third-order valence-electron chi connectivity index (χ3n) is 3.72. The first-order valence-electron chi connectivity index (χ1n) is 7.50. The summed E-state index contributed by atoms with van der Waals surface area (Å²) in [7, 11) is 1.64. The van der Waals surface area contributed by atoms with E-state index in [1.54, 1.807) is 19.2 Å². The number of benzene rings is 2. The van der Waals surface area contributed by atoms with E-state index >= 15 is 0 Å². The molecule has 0 radical (unpaired) electrons. The fourth-order valence-electron chi connectivity index (χ4n) is 2.47. The van der Waals surface area contributed by atoms with Crippen molar-refractivity contribution < 1.29 is 14.2 Å². The smallest absolute Gasteiger partial charge is 0.147 e. The highest BCUT2D eigenvalue weighted by atomic mass is 35.5. The van der Waals surface area contributed by atoms with Gasteiger partial charge in [0.05, 0.1) is 18.2 Å². The Bertz CT molecular complexity index is 651. The lowest BCUT2D eigenvalue weighted by Gasteiger charge is -2.19. The van der Waals surface area contributed by atoms with E-state index in [1.807, 2.05) is 31.2 Å². The van der Waals surface area contributed by atoms with Gasteiger partial charge in [-0.05, 0) is 31.0 Å². The average molecular weight is 338 g/mol. The second kappa shape index (κ2) is 8.29. The number of para-hydroxylation sites is 1. The average Bonchev–Trinajstić information content (AvgIpc) is 2.55. The molecule has 2 atom stereocenters. The molecular weight excluding hydrogens is 317 g/mol. The van der Waals surface area contributed by atoms with E-state index in [-0.39, 0.29) is 23.2 Å². The molecule has 23 heavy (non-hydrogen) atoms. The van der Waals surface area contributed by atoms with Crippen molar-refractivity contribution >= 4 is 11.6 Å².